The number of carbonyl (C=O) groups excluding carboxylic acids is 1. The van der Waals surface area contributed by atoms with Crippen LogP contribution in [0, 0.1) is 0 Å². The standard InChI is InChI=1S/C25H31N3O6S2/c1-3-32-14-4-11-28-24-10-9-22(36(30,31)27-12-15-33-16-13-27)17-23(24)26-25(28)35-18-20-5-7-21(8-6-20)34-19(2)29/h5-10,17H,3-4,11-16,18H2,1-2H3. The van der Waals surface area contributed by atoms with Crippen LogP contribution in [0.25, 0.3) is 11.0 Å². The molecule has 0 radical (unpaired) electrons. The highest BCUT2D eigenvalue weighted by atomic mass is 32.2. The molecular weight excluding hydrogens is 502 g/mol. The summed E-state index contributed by atoms with van der Waals surface area (Å²) in [6, 6.07) is 12.5. The second kappa shape index (κ2) is 12.2. The van der Waals surface area contributed by atoms with Gasteiger partial charge in [0.2, 0.25) is 10.0 Å². The van der Waals surface area contributed by atoms with Crippen LogP contribution in [0.3, 0.4) is 0 Å². The summed E-state index contributed by atoms with van der Waals surface area (Å²) in [7, 11) is -3.61. The van der Waals surface area contributed by atoms with E-state index in [-0.39, 0.29) is 10.9 Å². The van der Waals surface area contributed by atoms with Crippen LogP contribution in [0.15, 0.2) is 52.5 Å². The van der Waals surface area contributed by atoms with E-state index in [9.17, 15) is 13.2 Å². The van der Waals surface area contributed by atoms with Crippen molar-refractivity contribution in [3.8, 4) is 5.75 Å². The van der Waals surface area contributed by atoms with Gasteiger partial charge in [0.25, 0.3) is 0 Å². The normalized spacial score (nSPS) is 14.8. The predicted octanol–water partition coefficient (Wildman–Crippen LogP) is 3.70. The molecule has 1 aromatic heterocycles. The third kappa shape index (κ3) is 6.46. The first kappa shape index (κ1) is 26.6. The van der Waals surface area contributed by atoms with Gasteiger partial charge in [0, 0.05) is 45.5 Å². The van der Waals surface area contributed by atoms with Gasteiger partial charge in [-0.2, -0.15) is 4.31 Å². The van der Waals surface area contributed by atoms with Gasteiger partial charge in [-0.3, -0.25) is 4.79 Å². The van der Waals surface area contributed by atoms with Crippen LogP contribution < -0.4 is 4.74 Å². The Kier molecular flexibility index (Phi) is 9.02. The molecule has 0 bridgehead atoms. The molecule has 1 aliphatic heterocycles. The van der Waals surface area contributed by atoms with Gasteiger partial charge in [-0.25, -0.2) is 13.4 Å². The molecular formula is C25H31N3O6S2. The molecule has 4 rings (SSSR count). The highest BCUT2D eigenvalue weighted by Gasteiger charge is 2.27. The Bertz CT molecular complexity index is 1290. The third-order valence-electron chi connectivity index (χ3n) is 5.72. The number of aryl methyl sites for hydroxylation is 1. The van der Waals surface area contributed by atoms with Crippen molar-refractivity contribution in [3.05, 3.63) is 48.0 Å². The van der Waals surface area contributed by atoms with Crippen molar-refractivity contribution in [2.45, 2.75) is 42.6 Å². The van der Waals surface area contributed by atoms with Crippen LogP contribution in [0.4, 0.5) is 0 Å². The summed E-state index contributed by atoms with van der Waals surface area (Å²) < 4.78 is 45.8. The average molecular weight is 534 g/mol. The van der Waals surface area contributed by atoms with Crippen molar-refractivity contribution in [1.29, 1.82) is 0 Å². The second-order valence-corrected chi connectivity index (χ2v) is 11.2. The van der Waals surface area contributed by atoms with Crippen LogP contribution in [0.2, 0.25) is 0 Å². The van der Waals surface area contributed by atoms with Gasteiger partial charge in [0.1, 0.15) is 5.75 Å². The van der Waals surface area contributed by atoms with Crippen LogP contribution >= 0.6 is 11.8 Å². The third-order valence-corrected chi connectivity index (χ3v) is 8.66. The van der Waals surface area contributed by atoms with Crippen LogP contribution in [-0.2, 0) is 36.6 Å². The maximum absolute atomic E-state index is 13.2. The summed E-state index contributed by atoms with van der Waals surface area (Å²) in [5, 5.41) is 0.812. The van der Waals surface area contributed by atoms with Gasteiger partial charge in [-0.05, 0) is 49.2 Å². The first-order valence-electron chi connectivity index (χ1n) is 11.9. The molecule has 2 aromatic carbocycles. The van der Waals surface area contributed by atoms with Crippen molar-refractivity contribution < 1.29 is 27.4 Å². The number of sulfonamides is 1. The van der Waals surface area contributed by atoms with E-state index in [4.69, 9.17) is 19.2 Å². The number of carbonyl (C=O) groups is 1. The maximum Gasteiger partial charge on any atom is 0.308 e. The summed E-state index contributed by atoms with van der Waals surface area (Å²) in [6.45, 7) is 6.86. The number of ether oxygens (including phenoxy) is 3. The Morgan fingerprint density at radius 2 is 1.89 bits per heavy atom. The molecule has 194 valence electrons. The number of fused-ring (bicyclic) bond motifs is 1. The lowest BCUT2D eigenvalue weighted by Crippen LogP contribution is -2.40. The van der Waals surface area contributed by atoms with Crippen LogP contribution in [0.5, 0.6) is 5.75 Å². The Morgan fingerprint density at radius 1 is 1.14 bits per heavy atom. The van der Waals surface area contributed by atoms with E-state index >= 15 is 0 Å². The minimum Gasteiger partial charge on any atom is -0.427 e. The molecule has 36 heavy (non-hydrogen) atoms. The topological polar surface area (TPSA) is 100.0 Å². The minimum absolute atomic E-state index is 0.244. The average Bonchev–Trinajstić information content (AvgIpc) is 3.23. The van der Waals surface area contributed by atoms with Crippen LogP contribution in [-0.4, -0.2) is 67.8 Å². The first-order chi connectivity index (χ1) is 17.4. The lowest BCUT2D eigenvalue weighted by Gasteiger charge is -2.26. The van der Waals surface area contributed by atoms with E-state index in [1.165, 1.54) is 11.2 Å². The Balaban J connectivity index is 1.58. The number of rotatable bonds is 11. The monoisotopic (exact) mass is 533 g/mol. The highest BCUT2D eigenvalue weighted by molar-refractivity contribution is 7.98. The number of thioether (sulfide) groups is 1. The quantitative estimate of drug-likeness (QED) is 0.159. The van der Waals surface area contributed by atoms with E-state index < -0.39 is 10.0 Å². The fourth-order valence-electron chi connectivity index (χ4n) is 3.95. The summed E-state index contributed by atoms with van der Waals surface area (Å²) in [4.78, 5) is 16.2. The zero-order valence-corrected chi connectivity index (χ0v) is 22.1. The van der Waals surface area contributed by atoms with E-state index in [1.54, 1.807) is 36.0 Å². The van der Waals surface area contributed by atoms with Gasteiger partial charge >= 0.3 is 5.97 Å². The molecule has 1 aliphatic rings. The largest absolute Gasteiger partial charge is 0.427 e. The SMILES string of the molecule is CCOCCCn1c(SCc2ccc(OC(C)=O)cc2)nc2cc(S(=O)(=O)N3CCOCC3)ccc21. The molecule has 0 N–H and O–H groups in total. The lowest BCUT2D eigenvalue weighted by molar-refractivity contribution is -0.131. The molecule has 0 amide bonds. The fourth-order valence-corrected chi connectivity index (χ4v) is 6.37. The van der Waals surface area contributed by atoms with Crippen molar-refractivity contribution in [1.82, 2.24) is 13.9 Å². The van der Waals surface area contributed by atoms with Crippen LogP contribution in [0.1, 0.15) is 25.8 Å². The number of benzene rings is 2. The lowest BCUT2D eigenvalue weighted by atomic mass is 10.2. The number of aromatic nitrogens is 2. The summed E-state index contributed by atoms with van der Waals surface area (Å²) in [6.07, 6.45) is 0.817. The summed E-state index contributed by atoms with van der Waals surface area (Å²) in [5.74, 6) is 0.815. The number of imidazole rings is 1. The minimum atomic E-state index is -3.61. The Morgan fingerprint density at radius 3 is 2.58 bits per heavy atom. The number of hydrogen-bond acceptors (Lipinski definition) is 8. The number of morpholine rings is 1. The zero-order chi connectivity index (χ0) is 25.5. The molecule has 0 unspecified atom stereocenters. The summed E-state index contributed by atoms with van der Waals surface area (Å²) >= 11 is 1.58. The smallest absolute Gasteiger partial charge is 0.308 e. The zero-order valence-electron chi connectivity index (χ0n) is 20.5. The van der Waals surface area contributed by atoms with Gasteiger partial charge in [0.05, 0.1) is 29.1 Å². The Labute approximate surface area is 215 Å². The molecule has 1 saturated heterocycles. The van der Waals surface area contributed by atoms with Gasteiger partial charge < -0.3 is 18.8 Å². The predicted molar refractivity (Wildman–Crippen MR) is 138 cm³/mol. The molecule has 2 heterocycles. The fraction of sp³-hybridized carbons (Fsp3) is 0.440. The number of esters is 1. The molecule has 0 spiro atoms. The van der Waals surface area contributed by atoms with Crippen molar-refractivity contribution in [3.63, 3.8) is 0 Å². The second-order valence-electron chi connectivity index (χ2n) is 8.29. The first-order valence-corrected chi connectivity index (χ1v) is 14.4. The van der Waals surface area contributed by atoms with E-state index in [2.05, 4.69) is 4.57 Å². The van der Waals surface area contributed by atoms with Crippen molar-refractivity contribution in [2.24, 2.45) is 0 Å². The molecule has 1 fully saturated rings. The molecule has 0 atom stereocenters. The van der Waals surface area contributed by atoms with Gasteiger partial charge in [-0.1, -0.05) is 23.9 Å². The molecule has 11 heteroatoms. The number of nitrogens with zero attached hydrogens (tertiary/aromatic N) is 3. The summed E-state index contributed by atoms with van der Waals surface area (Å²) in [5.41, 5.74) is 2.59. The van der Waals surface area contributed by atoms with E-state index in [1.807, 2.05) is 25.1 Å². The highest BCUT2D eigenvalue weighted by Crippen LogP contribution is 2.30. The number of hydrogen-bond donors (Lipinski definition) is 0. The molecule has 9 nitrogen and oxygen atoms in total. The van der Waals surface area contributed by atoms with Crippen molar-refractivity contribution >= 4 is 38.8 Å². The molecule has 0 saturated carbocycles. The van der Waals surface area contributed by atoms with E-state index in [0.717, 1.165) is 22.7 Å². The molecule has 3 aromatic rings. The Hall–Kier alpha value is -2.44. The maximum atomic E-state index is 13.2. The van der Waals surface area contributed by atoms with Gasteiger partial charge in [0.15, 0.2) is 5.16 Å². The van der Waals surface area contributed by atoms with E-state index in [0.29, 0.717) is 63.1 Å². The van der Waals surface area contributed by atoms with Crippen molar-refractivity contribution in [2.75, 3.05) is 39.5 Å². The van der Waals surface area contributed by atoms with Gasteiger partial charge in [-0.15, -0.1) is 0 Å². The molecule has 0 aliphatic carbocycles.